The summed E-state index contributed by atoms with van der Waals surface area (Å²) >= 11 is 3.34. The number of ether oxygens (including phenoxy) is 2. The van der Waals surface area contributed by atoms with E-state index >= 15 is 0 Å². The molecular formula is C12H16BrNO3. The topological polar surface area (TPSA) is 47.6 Å². The van der Waals surface area contributed by atoms with Gasteiger partial charge in [-0.2, -0.15) is 0 Å². The van der Waals surface area contributed by atoms with Crippen LogP contribution >= 0.6 is 15.9 Å². The molecule has 0 saturated carbocycles. The lowest BCUT2D eigenvalue weighted by Crippen LogP contribution is -2.27. The molecule has 5 heteroatoms. The maximum atomic E-state index is 11.6. The Morgan fingerprint density at radius 1 is 1.35 bits per heavy atom. The van der Waals surface area contributed by atoms with Crippen molar-refractivity contribution in [3.8, 4) is 5.75 Å². The molecule has 0 fully saturated rings. The first kappa shape index (κ1) is 13.8. The normalized spacial score (nSPS) is 10.9. The van der Waals surface area contributed by atoms with Crippen molar-refractivity contribution in [3.63, 3.8) is 0 Å². The molecule has 0 unspecified atom stereocenters. The number of benzene rings is 1. The molecule has 94 valence electrons. The summed E-state index contributed by atoms with van der Waals surface area (Å²) < 4.78 is 11.1. The summed E-state index contributed by atoms with van der Waals surface area (Å²) in [4.78, 5) is 11.6. The lowest BCUT2D eigenvalue weighted by atomic mass is 10.2. The van der Waals surface area contributed by atoms with Crippen LogP contribution in [0.15, 0.2) is 22.7 Å². The van der Waals surface area contributed by atoms with Crippen molar-refractivity contribution in [1.82, 2.24) is 0 Å². The van der Waals surface area contributed by atoms with Gasteiger partial charge in [0.2, 0.25) is 0 Å². The van der Waals surface area contributed by atoms with E-state index in [-0.39, 0.29) is 0 Å². The Balaban J connectivity index is 2.82. The Bertz CT molecular complexity index is 413. The minimum absolute atomic E-state index is 0.506. The zero-order chi connectivity index (χ0) is 13.1. The minimum Gasteiger partial charge on any atom is -0.493 e. The third-order valence-electron chi connectivity index (χ3n) is 1.81. The molecule has 1 amide bonds. The van der Waals surface area contributed by atoms with Gasteiger partial charge in [-0.05, 0) is 48.8 Å². The van der Waals surface area contributed by atoms with Crippen molar-refractivity contribution >= 4 is 27.7 Å². The minimum atomic E-state index is -0.524. The molecule has 0 bridgehead atoms. The fourth-order valence-corrected chi connectivity index (χ4v) is 1.76. The predicted octanol–water partition coefficient (Wildman–Crippen LogP) is 3.80. The average molecular weight is 302 g/mol. The summed E-state index contributed by atoms with van der Waals surface area (Å²) in [5.41, 5.74) is 0.0414. The first-order chi connectivity index (χ1) is 7.83. The number of methoxy groups -OCH3 is 1. The summed E-state index contributed by atoms with van der Waals surface area (Å²) in [5, 5.41) is 2.64. The smallest absolute Gasteiger partial charge is 0.412 e. The molecule has 0 aliphatic rings. The fourth-order valence-electron chi connectivity index (χ4n) is 1.23. The van der Waals surface area contributed by atoms with Gasteiger partial charge in [-0.15, -0.1) is 0 Å². The number of hydrogen-bond acceptors (Lipinski definition) is 3. The van der Waals surface area contributed by atoms with Gasteiger partial charge >= 0.3 is 6.09 Å². The van der Waals surface area contributed by atoms with Crippen molar-refractivity contribution in [3.05, 3.63) is 22.7 Å². The van der Waals surface area contributed by atoms with Crippen LogP contribution in [0.3, 0.4) is 0 Å². The molecule has 0 aliphatic heterocycles. The van der Waals surface area contributed by atoms with Crippen LogP contribution in [0.25, 0.3) is 0 Å². The summed E-state index contributed by atoms with van der Waals surface area (Å²) in [6.07, 6.45) is -0.506. The summed E-state index contributed by atoms with van der Waals surface area (Å²) in [7, 11) is 1.54. The van der Waals surface area contributed by atoms with E-state index in [4.69, 9.17) is 9.47 Å². The molecule has 0 aromatic heterocycles. The number of halogens is 1. The van der Waals surface area contributed by atoms with Gasteiger partial charge in [-0.3, -0.25) is 5.32 Å². The Morgan fingerprint density at radius 3 is 2.53 bits per heavy atom. The summed E-state index contributed by atoms with van der Waals surface area (Å²) in [5.74, 6) is 0.568. The first-order valence-corrected chi connectivity index (χ1v) is 5.95. The summed E-state index contributed by atoms with van der Waals surface area (Å²) in [6, 6.07) is 5.38. The number of carbonyl (C=O) groups is 1. The Morgan fingerprint density at radius 2 is 2.00 bits per heavy atom. The number of nitrogens with one attached hydrogen (secondary N) is 1. The van der Waals surface area contributed by atoms with Crippen molar-refractivity contribution in [1.29, 1.82) is 0 Å². The molecule has 4 nitrogen and oxygen atoms in total. The van der Waals surface area contributed by atoms with Crippen LogP contribution in [-0.2, 0) is 4.74 Å². The predicted molar refractivity (Wildman–Crippen MR) is 70.6 cm³/mol. The molecule has 17 heavy (non-hydrogen) atoms. The number of para-hydroxylation sites is 1. The van der Waals surface area contributed by atoms with Crippen molar-refractivity contribution in [2.45, 2.75) is 26.4 Å². The van der Waals surface area contributed by atoms with E-state index in [0.717, 1.165) is 4.47 Å². The molecular weight excluding hydrogens is 286 g/mol. The van der Waals surface area contributed by atoms with Gasteiger partial charge in [0.1, 0.15) is 5.60 Å². The van der Waals surface area contributed by atoms with Gasteiger partial charge in [0.05, 0.1) is 17.3 Å². The molecule has 0 saturated heterocycles. The third kappa shape index (κ3) is 4.26. The van der Waals surface area contributed by atoms with Gasteiger partial charge in [0.25, 0.3) is 0 Å². The van der Waals surface area contributed by atoms with Gasteiger partial charge in [-0.1, -0.05) is 6.07 Å². The second kappa shape index (κ2) is 5.40. The number of carbonyl (C=O) groups excluding carboxylic acids is 1. The second-order valence-electron chi connectivity index (χ2n) is 4.45. The van der Waals surface area contributed by atoms with E-state index in [2.05, 4.69) is 21.2 Å². The van der Waals surface area contributed by atoms with E-state index < -0.39 is 11.7 Å². The molecule has 1 aromatic rings. The van der Waals surface area contributed by atoms with Gasteiger partial charge in [0.15, 0.2) is 5.75 Å². The molecule has 0 heterocycles. The molecule has 1 aromatic carbocycles. The highest BCUT2D eigenvalue weighted by Crippen LogP contribution is 2.32. The van der Waals surface area contributed by atoms with Crippen LogP contribution in [0.5, 0.6) is 5.75 Å². The van der Waals surface area contributed by atoms with Crippen molar-refractivity contribution in [2.24, 2.45) is 0 Å². The molecule has 0 aliphatic carbocycles. The highest BCUT2D eigenvalue weighted by molar-refractivity contribution is 9.10. The van der Waals surface area contributed by atoms with Crippen LogP contribution in [0, 0.1) is 0 Å². The zero-order valence-corrected chi connectivity index (χ0v) is 11.9. The van der Waals surface area contributed by atoms with Gasteiger partial charge < -0.3 is 9.47 Å². The maximum Gasteiger partial charge on any atom is 0.412 e. The molecule has 0 atom stereocenters. The van der Waals surface area contributed by atoms with E-state index in [9.17, 15) is 4.79 Å². The Hall–Kier alpha value is -1.23. The largest absolute Gasteiger partial charge is 0.493 e. The quantitative estimate of drug-likeness (QED) is 0.903. The third-order valence-corrected chi connectivity index (χ3v) is 2.43. The Kier molecular flexibility index (Phi) is 4.40. The molecule has 0 spiro atoms. The van der Waals surface area contributed by atoms with Crippen molar-refractivity contribution in [2.75, 3.05) is 12.4 Å². The monoisotopic (exact) mass is 301 g/mol. The van der Waals surface area contributed by atoms with Crippen LogP contribution in [0.1, 0.15) is 20.8 Å². The molecule has 1 rings (SSSR count). The standard InChI is InChI=1S/C12H16BrNO3/c1-12(2,3)17-11(15)14-9-7-5-6-8(13)10(9)16-4/h5-7H,1-4H3,(H,14,15). The Labute approximate surface area is 109 Å². The SMILES string of the molecule is COc1c(Br)cccc1NC(=O)OC(C)(C)C. The first-order valence-electron chi connectivity index (χ1n) is 5.16. The lowest BCUT2D eigenvalue weighted by molar-refractivity contribution is 0.0635. The van der Waals surface area contributed by atoms with Crippen LogP contribution in [0.4, 0.5) is 10.5 Å². The number of anilines is 1. The van der Waals surface area contributed by atoms with E-state index in [1.807, 2.05) is 26.8 Å². The van der Waals surface area contributed by atoms with Crippen LogP contribution in [0.2, 0.25) is 0 Å². The van der Waals surface area contributed by atoms with E-state index in [0.29, 0.717) is 11.4 Å². The van der Waals surface area contributed by atoms with Crippen molar-refractivity contribution < 1.29 is 14.3 Å². The second-order valence-corrected chi connectivity index (χ2v) is 5.30. The number of amides is 1. The van der Waals surface area contributed by atoms with E-state index in [1.54, 1.807) is 19.2 Å². The number of rotatable bonds is 2. The average Bonchev–Trinajstić information content (AvgIpc) is 2.14. The fraction of sp³-hybridized carbons (Fsp3) is 0.417. The summed E-state index contributed by atoms with van der Waals surface area (Å²) in [6.45, 7) is 5.43. The number of hydrogen-bond donors (Lipinski definition) is 1. The van der Waals surface area contributed by atoms with Crippen LogP contribution < -0.4 is 10.1 Å². The molecule has 0 radical (unpaired) electrons. The molecule has 1 N–H and O–H groups in total. The highest BCUT2D eigenvalue weighted by Gasteiger charge is 2.17. The highest BCUT2D eigenvalue weighted by atomic mass is 79.9. The van der Waals surface area contributed by atoms with E-state index in [1.165, 1.54) is 0 Å². The lowest BCUT2D eigenvalue weighted by Gasteiger charge is -2.20. The zero-order valence-electron chi connectivity index (χ0n) is 10.3. The van der Waals surface area contributed by atoms with Gasteiger partial charge in [-0.25, -0.2) is 4.79 Å². The van der Waals surface area contributed by atoms with Crippen LogP contribution in [-0.4, -0.2) is 18.8 Å². The van der Waals surface area contributed by atoms with Gasteiger partial charge in [0, 0.05) is 0 Å². The maximum absolute atomic E-state index is 11.6.